The molecule has 0 radical (unpaired) electrons. The van der Waals surface area contributed by atoms with Gasteiger partial charge in [-0.3, -0.25) is 0 Å². The van der Waals surface area contributed by atoms with Crippen molar-refractivity contribution in [1.82, 2.24) is 15.5 Å². The zero-order valence-electron chi connectivity index (χ0n) is 8.16. The van der Waals surface area contributed by atoms with E-state index >= 15 is 0 Å². The second-order valence-corrected chi connectivity index (χ2v) is 4.29. The van der Waals surface area contributed by atoms with E-state index in [1.807, 2.05) is 18.5 Å². The van der Waals surface area contributed by atoms with E-state index < -0.39 is 0 Å². The van der Waals surface area contributed by atoms with E-state index in [9.17, 15) is 0 Å². The van der Waals surface area contributed by atoms with Crippen molar-refractivity contribution in [2.75, 3.05) is 13.6 Å². The lowest BCUT2D eigenvalue weighted by Crippen LogP contribution is -2.10. The van der Waals surface area contributed by atoms with E-state index in [1.54, 1.807) is 0 Å². The maximum Gasteiger partial charge on any atom is 0.269 e. The maximum atomic E-state index is 5.96. The number of thiophene rings is 1. The summed E-state index contributed by atoms with van der Waals surface area (Å²) in [6.07, 6.45) is 0.753. The molecule has 0 fully saturated rings. The lowest BCUT2D eigenvalue weighted by atomic mass is 10.4. The van der Waals surface area contributed by atoms with Gasteiger partial charge in [-0.1, -0.05) is 16.8 Å². The van der Waals surface area contributed by atoms with Crippen LogP contribution in [-0.4, -0.2) is 23.7 Å². The van der Waals surface area contributed by atoms with Gasteiger partial charge in [-0.25, -0.2) is 0 Å². The molecule has 0 aliphatic heterocycles. The molecule has 0 saturated carbocycles. The van der Waals surface area contributed by atoms with E-state index in [2.05, 4.69) is 15.5 Å². The second-order valence-electron chi connectivity index (χ2n) is 2.97. The lowest BCUT2D eigenvalue weighted by molar-refractivity contribution is 0.423. The number of aromatic nitrogens is 2. The van der Waals surface area contributed by atoms with Crippen LogP contribution in [0.4, 0.5) is 0 Å². The molecule has 15 heavy (non-hydrogen) atoms. The van der Waals surface area contributed by atoms with Crippen molar-refractivity contribution in [3.63, 3.8) is 0 Å². The lowest BCUT2D eigenvalue weighted by Gasteiger charge is -1.90. The van der Waals surface area contributed by atoms with Crippen molar-refractivity contribution in [1.29, 1.82) is 0 Å². The summed E-state index contributed by atoms with van der Waals surface area (Å²) in [7, 11) is 1.89. The van der Waals surface area contributed by atoms with E-state index in [-0.39, 0.29) is 0 Å². The number of rotatable bonds is 4. The number of hydrogen-bond acceptors (Lipinski definition) is 5. The third-order valence-corrected chi connectivity index (χ3v) is 3.21. The van der Waals surface area contributed by atoms with Gasteiger partial charge >= 0.3 is 0 Å². The number of hydrogen-bond donors (Lipinski definition) is 1. The molecule has 2 aromatic heterocycles. The molecule has 0 aliphatic rings. The largest absolute Gasteiger partial charge is 0.333 e. The van der Waals surface area contributed by atoms with Gasteiger partial charge in [-0.15, -0.1) is 11.3 Å². The molecule has 6 heteroatoms. The summed E-state index contributed by atoms with van der Waals surface area (Å²) in [5.41, 5.74) is 0. The highest BCUT2D eigenvalue weighted by molar-refractivity contribution is 7.14. The molecular formula is C9H10ClN3OS. The van der Waals surface area contributed by atoms with Crippen molar-refractivity contribution in [2.45, 2.75) is 6.42 Å². The van der Waals surface area contributed by atoms with Gasteiger partial charge in [-0.05, 0) is 18.5 Å². The third kappa shape index (κ3) is 2.37. The monoisotopic (exact) mass is 243 g/mol. The fourth-order valence-electron chi connectivity index (χ4n) is 1.13. The second kappa shape index (κ2) is 4.74. The van der Waals surface area contributed by atoms with Crippen LogP contribution in [0, 0.1) is 0 Å². The van der Waals surface area contributed by atoms with Crippen molar-refractivity contribution in [2.24, 2.45) is 0 Å². The SMILES string of the molecule is CNCCc1noc(-c2sccc2Cl)n1. The zero-order chi connectivity index (χ0) is 10.7. The highest BCUT2D eigenvalue weighted by Crippen LogP contribution is 2.31. The van der Waals surface area contributed by atoms with Crippen LogP contribution in [0.5, 0.6) is 0 Å². The van der Waals surface area contributed by atoms with E-state index in [4.69, 9.17) is 16.1 Å². The quantitative estimate of drug-likeness (QED) is 0.895. The van der Waals surface area contributed by atoms with Gasteiger partial charge in [0.15, 0.2) is 5.82 Å². The molecular weight excluding hydrogens is 234 g/mol. The predicted octanol–water partition coefficient (Wildman–Crippen LogP) is 2.21. The first kappa shape index (κ1) is 10.6. The molecule has 2 aromatic rings. The first-order valence-electron chi connectivity index (χ1n) is 4.52. The molecule has 2 heterocycles. The summed E-state index contributed by atoms with van der Waals surface area (Å²) in [6, 6.07) is 1.82. The first-order chi connectivity index (χ1) is 7.31. The van der Waals surface area contributed by atoms with Crippen LogP contribution in [0.25, 0.3) is 10.8 Å². The molecule has 0 amide bonds. The summed E-state index contributed by atoms with van der Waals surface area (Å²) >= 11 is 7.45. The summed E-state index contributed by atoms with van der Waals surface area (Å²) < 4.78 is 5.12. The van der Waals surface area contributed by atoms with Crippen LogP contribution in [-0.2, 0) is 6.42 Å². The Kier molecular flexibility index (Phi) is 3.35. The van der Waals surface area contributed by atoms with Gasteiger partial charge in [0.25, 0.3) is 5.89 Å². The molecule has 0 spiro atoms. The van der Waals surface area contributed by atoms with Crippen LogP contribution in [0.3, 0.4) is 0 Å². The highest BCUT2D eigenvalue weighted by Gasteiger charge is 2.12. The van der Waals surface area contributed by atoms with Gasteiger partial charge in [0.05, 0.1) is 5.02 Å². The van der Waals surface area contributed by atoms with E-state index in [0.717, 1.165) is 17.8 Å². The highest BCUT2D eigenvalue weighted by atomic mass is 35.5. The Labute approximate surface area is 96.3 Å². The Morgan fingerprint density at radius 1 is 1.60 bits per heavy atom. The predicted molar refractivity (Wildman–Crippen MR) is 60.3 cm³/mol. The Morgan fingerprint density at radius 2 is 2.47 bits per heavy atom. The maximum absolute atomic E-state index is 5.96. The van der Waals surface area contributed by atoms with Crippen molar-refractivity contribution >= 4 is 22.9 Å². The van der Waals surface area contributed by atoms with Gasteiger partial charge in [0.1, 0.15) is 4.88 Å². The molecule has 0 atom stereocenters. The first-order valence-corrected chi connectivity index (χ1v) is 5.77. The molecule has 0 aromatic carbocycles. The molecule has 0 saturated heterocycles. The minimum atomic E-state index is 0.501. The number of nitrogens with zero attached hydrogens (tertiary/aromatic N) is 2. The Balaban J connectivity index is 2.17. The smallest absolute Gasteiger partial charge is 0.269 e. The molecule has 2 rings (SSSR count). The van der Waals surface area contributed by atoms with Crippen molar-refractivity contribution in [3.8, 4) is 10.8 Å². The third-order valence-electron chi connectivity index (χ3n) is 1.88. The minimum absolute atomic E-state index is 0.501. The van der Waals surface area contributed by atoms with Crippen LogP contribution in [0.2, 0.25) is 5.02 Å². The van der Waals surface area contributed by atoms with E-state index in [1.165, 1.54) is 11.3 Å². The van der Waals surface area contributed by atoms with E-state index in [0.29, 0.717) is 16.7 Å². The minimum Gasteiger partial charge on any atom is -0.333 e. The summed E-state index contributed by atoms with van der Waals surface area (Å²) in [4.78, 5) is 5.09. The average molecular weight is 244 g/mol. The molecule has 1 N–H and O–H groups in total. The summed E-state index contributed by atoms with van der Waals surface area (Å²) in [5, 5.41) is 9.45. The Hall–Kier alpha value is -0.910. The van der Waals surface area contributed by atoms with Crippen LogP contribution in [0.1, 0.15) is 5.82 Å². The van der Waals surface area contributed by atoms with Crippen LogP contribution < -0.4 is 5.32 Å². The standard InChI is InChI=1S/C9H10ClN3OS/c1-11-4-2-7-12-9(14-13-7)8-6(10)3-5-15-8/h3,5,11H,2,4H2,1H3. The zero-order valence-corrected chi connectivity index (χ0v) is 9.73. The van der Waals surface area contributed by atoms with Gasteiger partial charge in [-0.2, -0.15) is 4.98 Å². The summed E-state index contributed by atoms with van der Waals surface area (Å²) in [6.45, 7) is 0.831. The number of nitrogens with one attached hydrogen (secondary N) is 1. The average Bonchev–Trinajstić information content (AvgIpc) is 2.83. The normalized spacial score (nSPS) is 10.8. The fourth-order valence-corrected chi connectivity index (χ4v) is 2.19. The Bertz CT molecular complexity index is 440. The van der Waals surface area contributed by atoms with Crippen LogP contribution in [0.15, 0.2) is 16.0 Å². The summed E-state index contributed by atoms with van der Waals surface area (Å²) in [5.74, 6) is 1.20. The molecule has 0 unspecified atom stereocenters. The van der Waals surface area contributed by atoms with Crippen molar-refractivity contribution < 1.29 is 4.52 Å². The van der Waals surface area contributed by atoms with Gasteiger partial charge < -0.3 is 9.84 Å². The fraction of sp³-hybridized carbons (Fsp3) is 0.333. The van der Waals surface area contributed by atoms with Crippen LogP contribution >= 0.6 is 22.9 Å². The van der Waals surface area contributed by atoms with Gasteiger partial charge in [0.2, 0.25) is 0 Å². The molecule has 0 bridgehead atoms. The topological polar surface area (TPSA) is 51.0 Å². The molecule has 80 valence electrons. The molecule has 4 nitrogen and oxygen atoms in total. The number of likely N-dealkylation sites (N-methyl/N-ethyl adjacent to an activating group) is 1. The molecule has 0 aliphatic carbocycles. The van der Waals surface area contributed by atoms with Crippen molar-refractivity contribution in [3.05, 3.63) is 22.3 Å². The Morgan fingerprint density at radius 3 is 3.13 bits per heavy atom. The van der Waals surface area contributed by atoms with Gasteiger partial charge in [0, 0.05) is 13.0 Å². The number of halogens is 1.